The molecular weight excluding hydrogens is 214 g/mol. The van der Waals surface area contributed by atoms with E-state index >= 15 is 0 Å². The van der Waals surface area contributed by atoms with E-state index in [1.54, 1.807) is 20.2 Å². The Labute approximate surface area is 95.0 Å². The summed E-state index contributed by atoms with van der Waals surface area (Å²) in [7, 11) is 3.37. The first-order chi connectivity index (χ1) is 7.10. The van der Waals surface area contributed by atoms with Gasteiger partial charge in [-0.3, -0.25) is 0 Å². The Morgan fingerprint density at radius 3 is 2.67 bits per heavy atom. The Hall–Kier alpha value is -0.770. The molecule has 0 aliphatic carbocycles. The van der Waals surface area contributed by atoms with Crippen LogP contribution < -0.4 is 10.1 Å². The summed E-state index contributed by atoms with van der Waals surface area (Å²) in [4.78, 5) is 0. The normalized spacial score (nSPS) is 12.6. The fourth-order valence-electron chi connectivity index (χ4n) is 1.52. The quantitative estimate of drug-likeness (QED) is 0.829. The van der Waals surface area contributed by atoms with Crippen molar-refractivity contribution in [3.05, 3.63) is 28.3 Å². The third-order valence-corrected chi connectivity index (χ3v) is 2.52. The molecule has 1 rings (SSSR count). The average molecular weight is 230 g/mol. The van der Waals surface area contributed by atoms with E-state index in [1.807, 2.05) is 13.0 Å². The predicted molar refractivity (Wildman–Crippen MR) is 61.6 cm³/mol. The minimum absolute atomic E-state index is 0.502. The Morgan fingerprint density at radius 2 is 2.20 bits per heavy atom. The molecule has 1 aromatic rings. The number of aliphatic hydroxyl groups is 1. The molecule has 0 saturated heterocycles. The van der Waals surface area contributed by atoms with Crippen LogP contribution in [-0.4, -0.2) is 25.8 Å². The van der Waals surface area contributed by atoms with Crippen LogP contribution in [0.25, 0.3) is 0 Å². The smallest absolute Gasteiger partial charge is 0.140 e. The molecule has 0 amide bonds. The summed E-state index contributed by atoms with van der Waals surface area (Å²) in [6.45, 7) is 2.41. The van der Waals surface area contributed by atoms with Crippen LogP contribution in [0.15, 0.2) is 12.1 Å². The standard InChI is InChI=1S/C11H16ClNO2/c1-7-4-8(10(14)6-13-2)5-9(12)11(7)15-3/h4-5,10,13-14H,6H2,1-3H3. The van der Waals surface area contributed by atoms with Crippen molar-refractivity contribution in [2.45, 2.75) is 13.0 Å². The lowest BCUT2D eigenvalue weighted by atomic mass is 10.1. The summed E-state index contributed by atoms with van der Waals surface area (Å²) in [5, 5.41) is 13.2. The zero-order valence-electron chi connectivity index (χ0n) is 9.17. The molecule has 0 bridgehead atoms. The highest BCUT2D eigenvalue weighted by Crippen LogP contribution is 2.31. The zero-order valence-corrected chi connectivity index (χ0v) is 9.93. The number of aliphatic hydroxyl groups excluding tert-OH is 1. The van der Waals surface area contributed by atoms with Gasteiger partial charge in [0.05, 0.1) is 18.2 Å². The van der Waals surface area contributed by atoms with Gasteiger partial charge in [-0.1, -0.05) is 11.6 Å². The molecule has 2 N–H and O–H groups in total. The number of rotatable bonds is 4. The summed E-state index contributed by atoms with van der Waals surface area (Å²) in [5.41, 5.74) is 1.72. The molecule has 0 aromatic heterocycles. The van der Waals surface area contributed by atoms with Crippen LogP contribution in [0.5, 0.6) is 5.75 Å². The molecule has 15 heavy (non-hydrogen) atoms. The lowest BCUT2D eigenvalue weighted by molar-refractivity contribution is 0.177. The highest BCUT2D eigenvalue weighted by Gasteiger charge is 2.12. The predicted octanol–water partition coefficient (Wildman–Crippen LogP) is 1.91. The third kappa shape index (κ3) is 2.84. The number of aryl methyl sites for hydroxylation is 1. The second kappa shape index (κ2) is 5.35. The first kappa shape index (κ1) is 12.3. The molecule has 0 saturated carbocycles. The van der Waals surface area contributed by atoms with Crippen molar-refractivity contribution in [3.8, 4) is 5.75 Å². The van der Waals surface area contributed by atoms with Crippen LogP contribution in [0, 0.1) is 6.92 Å². The van der Waals surface area contributed by atoms with Crippen LogP contribution in [0.2, 0.25) is 5.02 Å². The number of ether oxygens (including phenoxy) is 1. The summed E-state index contributed by atoms with van der Waals surface area (Å²) in [5.74, 6) is 0.664. The van der Waals surface area contributed by atoms with E-state index in [0.29, 0.717) is 17.3 Å². The van der Waals surface area contributed by atoms with Crippen LogP contribution in [-0.2, 0) is 0 Å². The van der Waals surface area contributed by atoms with Gasteiger partial charge in [-0.05, 0) is 37.2 Å². The van der Waals surface area contributed by atoms with Crippen LogP contribution in [0.1, 0.15) is 17.2 Å². The van der Waals surface area contributed by atoms with E-state index in [4.69, 9.17) is 16.3 Å². The van der Waals surface area contributed by atoms with E-state index < -0.39 is 6.10 Å². The van der Waals surface area contributed by atoms with E-state index in [1.165, 1.54) is 0 Å². The van der Waals surface area contributed by atoms with E-state index in [-0.39, 0.29) is 0 Å². The molecule has 4 heteroatoms. The summed E-state index contributed by atoms with van der Waals surface area (Å²) < 4.78 is 5.14. The average Bonchev–Trinajstić information content (AvgIpc) is 2.17. The molecule has 3 nitrogen and oxygen atoms in total. The molecule has 0 heterocycles. The number of methoxy groups -OCH3 is 1. The number of nitrogens with one attached hydrogen (secondary N) is 1. The molecule has 1 unspecified atom stereocenters. The minimum Gasteiger partial charge on any atom is -0.495 e. The maximum atomic E-state index is 9.77. The molecule has 1 atom stereocenters. The lowest BCUT2D eigenvalue weighted by Crippen LogP contribution is -2.16. The number of likely N-dealkylation sites (N-methyl/N-ethyl adjacent to an activating group) is 1. The van der Waals surface area contributed by atoms with Crippen molar-refractivity contribution >= 4 is 11.6 Å². The zero-order chi connectivity index (χ0) is 11.4. The van der Waals surface area contributed by atoms with E-state index in [2.05, 4.69) is 5.32 Å². The van der Waals surface area contributed by atoms with Gasteiger partial charge in [0.15, 0.2) is 0 Å². The molecule has 0 aliphatic heterocycles. The van der Waals surface area contributed by atoms with Gasteiger partial charge in [0, 0.05) is 6.54 Å². The van der Waals surface area contributed by atoms with Gasteiger partial charge in [-0.15, -0.1) is 0 Å². The summed E-state index contributed by atoms with van der Waals surface area (Å²) in [6, 6.07) is 3.61. The SMILES string of the molecule is CNCC(O)c1cc(C)c(OC)c(Cl)c1. The van der Waals surface area contributed by atoms with Crippen molar-refractivity contribution < 1.29 is 9.84 Å². The molecule has 0 spiro atoms. The van der Waals surface area contributed by atoms with Gasteiger partial charge in [0.2, 0.25) is 0 Å². The van der Waals surface area contributed by atoms with Gasteiger partial charge in [-0.2, -0.15) is 0 Å². The van der Waals surface area contributed by atoms with Crippen LogP contribution >= 0.6 is 11.6 Å². The number of hydrogen-bond donors (Lipinski definition) is 2. The minimum atomic E-state index is -0.544. The van der Waals surface area contributed by atoms with Crippen molar-refractivity contribution in [1.82, 2.24) is 5.32 Å². The van der Waals surface area contributed by atoms with E-state index in [9.17, 15) is 5.11 Å². The Balaban J connectivity index is 3.02. The number of halogens is 1. The van der Waals surface area contributed by atoms with Crippen molar-refractivity contribution in [3.63, 3.8) is 0 Å². The van der Waals surface area contributed by atoms with Crippen LogP contribution in [0.4, 0.5) is 0 Å². The maximum Gasteiger partial charge on any atom is 0.140 e. The lowest BCUT2D eigenvalue weighted by Gasteiger charge is -2.14. The monoisotopic (exact) mass is 229 g/mol. The second-order valence-corrected chi connectivity index (χ2v) is 3.83. The summed E-state index contributed by atoms with van der Waals surface area (Å²) >= 11 is 6.02. The Kier molecular flexibility index (Phi) is 4.39. The number of hydrogen-bond acceptors (Lipinski definition) is 3. The Morgan fingerprint density at radius 1 is 1.53 bits per heavy atom. The molecule has 0 fully saturated rings. The van der Waals surface area contributed by atoms with Crippen molar-refractivity contribution in [2.24, 2.45) is 0 Å². The number of benzene rings is 1. The fraction of sp³-hybridized carbons (Fsp3) is 0.455. The summed E-state index contributed by atoms with van der Waals surface area (Å²) in [6.07, 6.45) is -0.544. The van der Waals surface area contributed by atoms with Crippen molar-refractivity contribution in [1.29, 1.82) is 0 Å². The van der Waals surface area contributed by atoms with Gasteiger partial charge in [0.1, 0.15) is 5.75 Å². The molecule has 1 aromatic carbocycles. The second-order valence-electron chi connectivity index (χ2n) is 3.43. The third-order valence-electron chi connectivity index (χ3n) is 2.24. The molecule has 0 aliphatic rings. The molecular formula is C11H16ClNO2. The largest absolute Gasteiger partial charge is 0.495 e. The topological polar surface area (TPSA) is 41.5 Å². The highest BCUT2D eigenvalue weighted by molar-refractivity contribution is 6.32. The van der Waals surface area contributed by atoms with E-state index in [0.717, 1.165) is 11.1 Å². The van der Waals surface area contributed by atoms with Crippen molar-refractivity contribution in [2.75, 3.05) is 20.7 Å². The van der Waals surface area contributed by atoms with Gasteiger partial charge >= 0.3 is 0 Å². The first-order valence-electron chi connectivity index (χ1n) is 4.76. The van der Waals surface area contributed by atoms with Gasteiger partial charge in [0.25, 0.3) is 0 Å². The first-order valence-corrected chi connectivity index (χ1v) is 5.14. The van der Waals surface area contributed by atoms with Gasteiger partial charge < -0.3 is 15.2 Å². The molecule has 0 radical (unpaired) electrons. The van der Waals surface area contributed by atoms with Gasteiger partial charge in [-0.25, -0.2) is 0 Å². The fourth-order valence-corrected chi connectivity index (χ4v) is 1.87. The van der Waals surface area contributed by atoms with Crippen LogP contribution in [0.3, 0.4) is 0 Å². The molecule has 84 valence electrons. The Bertz CT molecular complexity index is 318. The highest BCUT2D eigenvalue weighted by atomic mass is 35.5. The maximum absolute atomic E-state index is 9.77.